The normalized spacial score (nSPS) is 12.0. The molecule has 0 saturated heterocycles. The summed E-state index contributed by atoms with van der Waals surface area (Å²) in [5.41, 5.74) is 0. The van der Waals surface area contributed by atoms with E-state index in [9.17, 15) is 12.8 Å². The van der Waals surface area contributed by atoms with E-state index < -0.39 is 15.8 Å². The van der Waals surface area contributed by atoms with E-state index in [1.165, 1.54) is 18.2 Å². The van der Waals surface area contributed by atoms with Crippen LogP contribution in [0.2, 0.25) is 0 Å². The van der Waals surface area contributed by atoms with E-state index in [1.54, 1.807) is 0 Å². The van der Waals surface area contributed by atoms with Crippen molar-refractivity contribution < 1.29 is 12.8 Å². The van der Waals surface area contributed by atoms with Gasteiger partial charge in [0.2, 0.25) is 10.0 Å². The fraction of sp³-hybridized carbons (Fsp3) is 0.500. The van der Waals surface area contributed by atoms with Crippen LogP contribution in [0.5, 0.6) is 0 Å². The van der Waals surface area contributed by atoms with Crippen molar-refractivity contribution in [1.29, 1.82) is 0 Å². The molecule has 0 spiro atoms. The second-order valence-electron chi connectivity index (χ2n) is 3.99. The first-order valence-corrected chi connectivity index (χ1v) is 7.23. The van der Waals surface area contributed by atoms with Gasteiger partial charge in [-0.3, -0.25) is 0 Å². The van der Waals surface area contributed by atoms with Crippen LogP contribution in [0.25, 0.3) is 0 Å². The predicted octanol–water partition coefficient (Wildman–Crippen LogP) is 2.54. The summed E-state index contributed by atoms with van der Waals surface area (Å²) in [7, 11) is -3.59. The number of halogens is 1. The quantitative estimate of drug-likeness (QED) is 0.853. The van der Waals surface area contributed by atoms with Crippen LogP contribution in [0.4, 0.5) is 4.39 Å². The van der Waals surface area contributed by atoms with Gasteiger partial charge in [0, 0.05) is 6.54 Å². The summed E-state index contributed by atoms with van der Waals surface area (Å²) >= 11 is 0. The van der Waals surface area contributed by atoms with Gasteiger partial charge in [-0.1, -0.05) is 32.8 Å². The number of hydrogen-bond acceptors (Lipinski definition) is 2. The molecule has 96 valence electrons. The summed E-state index contributed by atoms with van der Waals surface area (Å²) in [6.07, 6.45) is 1.84. The zero-order chi connectivity index (χ0) is 12.9. The van der Waals surface area contributed by atoms with Gasteiger partial charge in [-0.15, -0.1) is 0 Å². The average molecular weight is 259 g/mol. The van der Waals surface area contributed by atoms with Crippen molar-refractivity contribution in [2.75, 3.05) is 6.54 Å². The molecule has 0 fully saturated rings. The van der Waals surface area contributed by atoms with Crippen molar-refractivity contribution in [3.63, 3.8) is 0 Å². The summed E-state index contributed by atoms with van der Waals surface area (Å²) in [4.78, 5) is -0.0246. The molecule has 0 heterocycles. The molecular weight excluding hydrogens is 241 g/mol. The minimum absolute atomic E-state index is 0.0246. The molecule has 0 aliphatic heterocycles. The zero-order valence-electron chi connectivity index (χ0n) is 10.1. The number of sulfonamides is 1. The molecule has 0 saturated carbocycles. The van der Waals surface area contributed by atoms with Crippen molar-refractivity contribution >= 4 is 10.0 Å². The SMILES string of the molecule is CCC(CC)CNS(=O)(=O)c1cccc(F)c1. The van der Waals surface area contributed by atoms with E-state index in [1.807, 2.05) is 13.8 Å². The van der Waals surface area contributed by atoms with Crippen LogP contribution < -0.4 is 4.72 Å². The molecule has 0 amide bonds. The van der Waals surface area contributed by atoms with Crippen LogP contribution in [0, 0.1) is 11.7 Å². The molecule has 1 N–H and O–H groups in total. The molecule has 0 aliphatic carbocycles. The van der Waals surface area contributed by atoms with E-state index >= 15 is 0 Å². The van der Waals surface area contributed by atoms with Crippen molar-refractivity contribution in [3.05, 3.63) is 30.1 Å². The van der Waals surface area contributed by atoms with Gasteiger partial charge < -0.3 is 0 Å². The van der Waals surface area contributed by atoms with Crippen LogP contribution in [0.3, 0.4) is 0 Å². The van der Waals surface area contributed by atoms with Gasteiger partial charge in [0.1, 0.15) is 5.82 Å². The maximum absolute atomic E-state index is 12.9. The monoisotopic (exact) mass is 259 g/mol. The first-order chi connectivity index (χ1) is 7.99. The molecule has 0 bridgehead atoms. The van der Waals surface area contributed by atoms with Crippen LogP contribution in [0.15, 0.2) is 29.2 Å². The summed E-state index contributed by atoms with van der Waals surface area (Å²) in [5.74, 6) is -0.228. The second kappa shape index (κ2) is 6.12. The minimum Gasteiger partial charge on any atom is -0.211 e. The highest BCUT2D eigenvalue weighted by Crippen LogP contribution is 2.12. The lowest BCUT2D eigenvalue weighted by Crippen LogP contribution is -2.29. The molecule has 0 aliphatic rings. The predicted molar refractivity (Wildman–Crippen MR) is 65.7 cm³/mol. The largest absolute Gasteiger partial charge is 0.240 e. The van der Waals surface area contributed by atoms with Crippen LogP contribution in [0.1, 0.15) is 26.7 Å². The van der Waals surface area contributed by atoms with Crippen molar-refractivity contribution in [3.8, 4) is 0 Å². The standard InChI is InChI=1S/C12H18FNO2S/c1-3-10(4-2)9-14-17(15,16)12-7-5-6-11(13)8-12/h5-8,10,14H,3-4,9H2,1-2H3. The third kappa shape index (κ3) is 4.09. The van der Waals surface area contributed by atoms with Gasteiger partial charge >= 0.3 is 0 Å². The van der Waals surface area contributed by atoms with Crippen LogP contribution >= 0.6 is 0 Å². The van der Waals surface area contributed by atoms with E-state index in [2.05, 4.69) is 4.72 Å². The van der Waals surface area contributed by atoms with Crippen molar-refractivity contribution in [1.82, 2.24) is 4.72 Å². The zero-order valence-corrected chi connectivity index (χ0v) is 10.9. The molecule has 0 unspecified atom stereocenters. The maximum atomic E-state index is 12.9. The van der Waals surface area contributed by atoms with Gasteiger partial charge in [0.25, 0.3) is 0 Å². The smallest absolute Gasteiger partial charge is 0.211 e. The Morgan fingerprint density at radius 2 is 1.94 bits per heavy atom. The summed E-state index contributed by atoms with van der Waals surface area (Å²) in [5, 5.41) is 0. The number of rotatable bonds is 6. The molecule has 1 aromatic carbocycles. The van der Waals surface area contributed by atoms with Gasteiger partial charge in [0.15, 0.2) is 0 Å². The fourth-order valence-corrected chi connectivity index (χ4v) is 2.67. The molecule has 3 nitrogen and oxygen atoms in total. The summed E-state index contributed by atoms with van der Waals surface area (Å²) in [6.45, 7) is 4.43. The van der Waals surface area contributed by atoms with Crippen molar-refractivity contribution in [2.24, 2.45) is 5.92 Å². The Morgan fingerprint density at radius 3 is 2.47 bits per heavy atom. The average Bonchev–Trinajstić information content (AvgIpc) is 2.30. The third-order valence-electron chi connectivity index (χ3n) is 2.82. The highest BCUT2D eigenvalue weighted by atomic mass is 32.2. The number of nitrogens with one attached hydrogen (secondary N) is 1. The maximum Gasteiger partial charge on any atom is 0.240 e. The first-order valence-electron chi connectivity index (χ1n) is 5.74. The Labute approximate surface area is 102 Å². The minimum atomic E-state index is -3.59. The molecule has 1 rings (SSSR count). The van der Waals surface area contributed by atoms with Gasteiger partial charge in [0.05, 0.1) is 4.90 Å². The second-order valence-corrected chi connectivity index (χ2v) is 5.76. The third-order valence-corrected chi connectivity index (χ3v) is 4.24. The van der Waals surface area contributed by atoms with E-state index in [4.69, 9.17) is 0 Å². The molecule has 0 radical (unpaired) electrons. The Balaban J connectivity index is 2.76. The lowest BCUT2D eigenvalue weighted by molar-refractivity contribution is 0.478. The lowest BCUT2D eigenvalue weighted by atomic mass is 10.0. The highest BCUT2D eigenvalue weighted by molar-refractivity contribution is 7.89. The summed E-state index contributed by atoms with van der Waals surface area (Å²) in [6, 6.07) is 5.02. The Kier molecular flexibility index (Phi) is 5.08. The van der Waals surface area contributed by atoms with E-state index in [0.717, 1.165) is 18.9 Å². The molecule has 0 aromatic heterocycles. The van der Waals surface area contributed by atoms with Crippen LogP contribution in [-0.4, -0.2) is 15.0 Å². The molecular formula is C12H18FNO2S. The first kappa shape index (κ1) is 14.1. The number of benzene rings is 1. The van der Waals surface area contributed by atoms with Gasteiger partial charge in [-0.05, 0) is 24.1 Å². The fourth-order valence-electron chi connectivity index (χ4n) is 1.52. The summed E-state index contributed by atoms with van der Waals surface area (Å²) < 4.78 is 39.1. The Morgan fingerprint density at radius 1 is 1.29 bits per heavy atom. The van der Waals surface area contributed by atoms with Gasteiger partial charge in [-0.25, -0.2) is 17.5 Å². The topological polar surface area (TPSA) is 46.2 Å². The molecule has 5 heteroatoms. The lowest BCUT2D eigenvalue weighted by Gasteiger charge is -2.13. The molecule has 17 heavy (non-hydrogen) atoms. The molecule has 1 aromatic rings. The highest BCUT2D eigenvalue weighted by Gasteiger charge is 2.15. The van der Waals surface area contributed by atoms with E-state index in [-0.39, 0.29) is 4.90 Å². The van der Waals surface area contributed by atoms with Gasteiger partial charge in [-0.2, -0.15) is 0 Å². The van der Waals surface area contributed by atoms with Crippen molar-refractivity contribution in [2.45, 2.75) is 31.6 Å². The van der Waals surface area contributed by atoms with E-state index in [0.29, 0.717) is 12.5 Å². The Bertz CT molecular complexity index is 455. The molecule has 0 atom stereocenters. The van der Waals surface area contributed by atoms with Crippen LogP contribution in [-0.2, 0) is 10.0 Å². The Hall–Kier alpha value is -0.940. The number of hydrogen-bond donors (Lipinski definition) is 1.